The monoisotopic (exact) mass is 376 g/mol. The summed E-state index contributed by atoms with van der Waals surface area (Å²) < 4.78 is 27.8. The molecule has 1 aliphatic heterocycles. The van der Waals surface area contributed by atoms with Crippen molar-refractivity contribution in [2.24, 2.45) is 5.92 Å². The quantitative estimate of drug-likeness (QED) is 0.720. The SMILES string of the molecule is CC(C)[C@@H](CO)NS(=O)(=O)c1cc2c(cc1Br)NC(=O)C2. The molecule has 8 heteroatoms. The molecule has 1 amide bonds. The predicted molar refractivity (Wildman–Crippen MR) is 82.5 cm³/mol. The van der Waals surface area contributed by atoms with Crippen LogP contribution in [0.5, 0.6) is 0 Å². The van der Waals surface area contributed by atoms with Crippen molar-refractivity contribution in [2.75, 3.05) is 11.9 Å². The Morgan fingerprint density at radius 3 is 2.67 bits per heavy atom. The van der Waals surface area contributed by atoms with E-state index in [0.717, 1.165) is 0 Å². The number of amides is 1. The van der Waals surface area contributed by atoms with Gasteiger partial charge in [0.1, 0.15) is 0 Å². The molecule has 116 valence electrons. The minimum absolute atomic E-state index is 0.0405. The molecule has 0 saturated heterocycles. The van der Waals surface area contributed by atoms with Gasteiger partial charge < -0.3 is 10.4 Å². The number of nitrogens with one attached hydrogen (secondary N) is 2. The van der Waals surface area contributed by atoms with Crippen molar-refractivity contribution in [1.82, 2.24) is 4.72 Å². The van der Waals surface area contributed by atoms with Gasteiger partial charge in [-0.2, -0.15) is 0 Å². The molecule has 1 atom stereocenters. The highest BCUT2D eigenvalue weighted by Crippen LogP contribution is 2.32. The number of rotatable bonds is 5. The van der Waals surface area contributed by atoms with Crippen LogP contribution in [0.4, 0.5) is 5.69 Å². The fourth-order valence-electron chi connectivity index (χ4n) is 2.08. The molecule has 0 saturated carbocycles. The third-order valence-electron chi connectivity index (χ3n) is 3.38. The number of halogens is 1. The molecule has 0 aromatic heterocycles. The Kier molecular flexibility index (Phi) is 4.72. The maximum absolute atomic E-state index is 12.5. The summed E-state index contributed by atoms with van der Waals surface area (Å²) in [5, 5.41) is 11.9. The zero-order chi connectivity index (χ0) is 15.8. The molecule has 6 nitrogen and oxygen atoms in total. The van der Waals surface area contributed by atoms with Gasteiger partial charge in [-0.05, 0) is 39.5 Å². The van der Waals surface area contributed by atoms with Crippen molar-refractivity contribution in [1.29, 1.82) is 0 Å². The standard InChI is InChI=1S/C13H17BrN2O4S/c1-7(2)11(6-17)16-21(19,20)12-3-8-4-13(18)15-10(8)5-9(12)14/h3,5,7,11,16-17H,4,6H2,1-2H3,(H,15,18)/t11-/m1/s1. The van der Waals surface area contributed by atoms with Gasteiger partial charge in [-0.15, -0.1) is 0 Å². The van der Waals surface area contributed by atoms with Gasteiger partial charge >= 0.3 is 0 Å². The minimum Gasteiger partial charge on any atom is -0.395 e. The molecule has 0 spiro atoms. The van der Waals surface area contributed by atoms with E-state index in [2.05, 4.69) is 26.0 Å². The summed E-state index contributed by atoms with van der Waals surface area (Å²) in [6.07, 6.45) is 0.165. The van der Waals surface area contributed by atoms with Crippen LogP contribution in [-0.4, -0.2) is 32.1 Å². The normalized spacial score (nSPS) is 16.0. The van der Waals surface area contributed by atoms with Crippen molar-refractivity contribution >= 4 is 37.5 Å². The zero-order valence-corrected chi connectivity index (χ0v) is 14.1. The highest BCUT2D eigenvalue weighted by atomic mass is 79.9. The Labute approximate surface area is 132 Å². The molecule has 0 radical (unpaired) electrons. The Hall–Kier alpha value is -0.960. The van der Waals surface area contributed by atoms with E-state index < -0.39 is 16.1 Å². The van der Waals surface area contributed by atoms with Crippen LogP contribution in [0.15, 0.2) is 21.5 Å². The lowest BCUT2D eigenvalue weighted by Crippen LogP contribution is -2.41. The van der Waals surface area contributed by atoms with Gasteiger partial charge in [-0.25, -0.2) is 13.1 Å². The van der Waals surface area contributed by atoms with Crippen LogP contribution in [-0.2, 0) is 21.2 Å². The molecule has 2 rings (SSSR count). The number of hydrogen-bond acceptors (Lipinski definition) is 4. The second-order valence-corrected chi connectivity index (χ2v) is 7.86. The molecule has 1 heterocycles. The van der Waals surface area contributed by atoms with E-state index in [0.29, 0.717) is 15.7 Å². The second-order valence-electron chi connectivity index (χ2n) is 5.32. The number of carbonyl (C=O) groups excluding carboxylic acids is 1. The van der Waals surface area contributed by atoms with Crippen LogP contribution < -0.4 is 10.0 Å². The molecule has 1 aliphatic rings. The summed E-state index contributed by atoms with van der Waals surface area (Å²) in [4.78, 5) is 11.4. The number of sulfonamides is 1. The molecule has 0 fully saturated rings. The Bertz CT molecular complexity index is 673. The number of hydrogen-bond donors (Lipinski definition) is 3. The predicted octanol–water partition coefficient (Wildman–Crippen LogP) is 1.24. The molecule has 1 aromatic rings. The second kappa shape index (κ2) is 6.04. The van der Waals surface area contributed by atoms with Crippen LogP contribution in [0.3, 0.4) is 0 Å². The molecule has 3 N–H and O–H groups in total. The molecular weight excluding hydrogens is 360 g/mol. The van der Waals surface area contributed by atoms with E-state index in [1.807, 2.05) is 13.8 Å². The number of fused-ring (bicyclic) bond motifs is 1. The first-order valence-corrected chi connectivity index (χ1v) is 8.77. The fraction of sp³-hybridized carbons (Fsp3) is 0.462. The van der Waals surface area contributed by atoms with E-state index in [-0.39, 0.29) is 29.7 Å². The molecule has 21 heavy (non-hydrogen) atoms. The van der Waals surface area contributed by atoms with E-state index in [1.165, 1.54) is 6.07 Å². The summed E-state index contributed by atoms with van der Waals surface area (Å²) >= 11 is 3.22. The largest absolute Gasteiger partial charge is 0.395 e. The third kappa shape index (κ3) is 3.45. The van der Waals surface area contributed by atoms with Crippen molar-refractivity contribution in [2.45, 2.75) is 31.2 Å². The van der Waals surface area contributed by atoms with Gasteiger partial charge in [0.05, 0.1) is 17.9 Å². The van der Waals surface area contributed by atoms with Gasteiger partial charge in [-0.3, -0.25) is 4.79 Å². The molecule has 0 aliphatic carbocycles. The molecule has 0 bridgehead atoms. The van der Waals surface area contributed by atoms with Crippen molar-refractivity contribution in [3.8, 4) is 0 Å². The summed E-state index contributed by atoms with van der Waals surface area (Å²) in [5.74, 6) is -0.198. The number of carbonyl (C=O) groups is 1. The number of benzene rings is 1. The van der Waals surface area contributed by atoms with Gasteiger partial charge in [0.25, 0.3) is 0 Å². The third-order valence-corrected chi connectivity index (χ3v) is 5.83. The van der Waals surface area contributed by atoms with Crippen LogP contribution in [0.25, 0.3) is 0 Å². The van der Waals surface area contributed by atoms with E-state index in [9.17, 15) is 18.3 Å². The van der Waals surface area contributed by atoms with Crippen molar-refractivity contribution in [3.63, 3.8) is 0 Å². The minimum atomic E-state index is -3.78. The Morgan fingerprint density at radius 1 is 1.43 bits per heavy atom. The van der Waals surface area contributed by atoms with E-state index in [1.54, 1.807) is 6.07 Å². The number of aliphatic hydroxyl groups excluding tert-OH is 1. The van der Waals surface area contributed by atoms with E-state index in [4.69, 9.17) is 0 Å². The first-order valence-electron chi connectivity index (χ1n) is 6.50. The van der Waals surface area contributed by atoms with E-state index >= 15 is 0 Å². The van der Waals surface area contributed by atoms with Gasteiger partial charge in [0.15, 0.2) is 0 Å². The number of aliphatic hydroxyl groups is 1. The lowest BCUT2D eigenvalue weighted by atomic mass is 10.1. The fourth-order valence-corrected chi connectivity index (χ4v) is 4.55. The van der Waals surface area contributed by atoms with Crippen molar-refractivity contribution < 1.29 is 18.3 Å². The topological polar surface area (TPSA) is 95.5 Å². The highest BCUT2D eigenvalue weighted by Gasteiger charge is 2.27. The smallest absolute Gasteiger partial charge is 0.242 e. The first kappa shape index (κ1) is 16.4. The average molecular weight is 377 g/mol. The van der Waals surface area contributed by atoms with Gasteiger partial charge in [-0.1, -0.05) is 13.8 Å². The Morgan fingerprint density at radius 2 is 2.10 bits per heavy atom. The average Bonchev–Trinajstić information content (AvgIpc) is 2.73. The van der Waals surface area contributed by atoms with Crippen LogP contribution in [0, 0.1) is 5.92 Å². The molecule has 0 unspecified atom stereocenters. The maximum Gasteiger partial charge on any atom is 0.242 e. The van der Waals surface area contributed by atoms with Crippen LogP contribution >= 0.6 is 15.9 Å². The summed E-state index contributed by atoms with van der Waals surface area (Å²) in [6.45, 7) is 3.37. The summed E-state index contributed by atoms with van der Waals surface area (Å²) in [6, 6.07) is 2.50. The highest BCUT2D eigenvalue weighted by molar-refractivity contribution is 9.10. The Balaban J connectivity index is 2.37. The number of anilines is 1. The maximum atomic E-state index is 12.5. The molecule has 1 aromatic carbocycles. The van der Waals surface area contributed by atoms with Crippen LogP contribution in [0.2, 0.25) is 0 Å². The lowest BCUT2D eigenvalue weighted by molar-refractivity contribution is -0.115. The lowest BCUT2D eigenvalue weighted by Gasteiger charge is -2.20. The van der Waals surface area contributed by atoms with Gasteiger partial charge in [0.2, 0.25) is 15.9 Å². The summed E-state index contributed by atoms with van der Waals surface area (Å²) in [7, 11) is -3.78. The van der Waals surface area contributed by atoms with Crippen molar-refractivity contribution in [3.05, 3.63) is 22.2 Å². The van der Waals surface area contributed by atoms with Crippen LogP contribution in [0.1, 0.15) is 19.4 Å². The first-order chi connectivity index (χ1) is 9.74. The summed E-state index contributed by atoms with van der Waals surface area (Å²) in [5.41, 5.74) is 1.27. The van der Waals surface area contributed by atoms with Gasteiger partial charge in [0, 0.05) is 16.2 Å². The zero-order valence-electron chi connectivity index (χ0n) is 11.7. The molecular formula is C13H17BrN2O4S.